The summed E-state index contributed by atoms with van der Waals surface area (Å²) < 4.78 is 12.8. The average molecular weight is 666 g/mol. The SMILES string of the molecule is c1ccc(-c2cc3ccccc3c3cc(-c4nc(-c5cccc6c5oc5ccccc56)nc(-c5cccc6oc7ccccc7c56)n4)ccc23)cc1. The molecular weight excluding hydrogens is 639 g/mol. The van der Waals surface area contributed by atoms with Gasteiger partial charge in [-0.05, 0) is 69.1 Å². The van der Waals surface area contributed by atoms with Gasteiger partial charge in [-0.25, -0.2) is 15.0 Å². The fourth-order valence-electron chi connectivity index (χ4n) is 7.73. The van der Waals surface area contributed by atoms with Crippen molar-refractivity contribution < 1.29 is 8.83 Å². The molecule has 0 bridgehead atoms. The quantitative estimate of drug-likeness (QED) is 0.175. The smallest absolute Gasteiger partial charge is 0.167 e. The van der Waals surface area contributed by atoms with Crippen LogP contribution in [0.1, 0.15) is 0 Å². The van der Waals surface area contributed by atoms with Crippen molar-refractivity contribution in [2.45, 2.75) is 0 Å². The summed E-state index contributed by atoms with van der Waals surface area (Å²) in [6.45, 7) is 0. The van der Waals surface area contributed by atoms with Gasteiger partial charge in [-0.15, -0.1) is 0 Å². The van der Waals surface area contributed by atoms with E-state index in [4.69, 9.17) is 23.8 Å². The molecule has 0 fully saturated rings. The zero-order valence-corrected chi connectivity index (χ0v) is 27.7. The first kappa shape index (κ1) is 28.7. The number of para-hydroxylation sites is 3. The lowest BCUT2D eigenvalue weighted by Crippen LogP contribution is -2.01. The summed E-state index contributed by atoms with van der Waals surface area (Å²) >= 11 is 0. The highest BCUT2D eigenvalue weighted by molar-refractivity contribution is 6.15. The fourth-order valence-corrected chi connectivity index (χ4v) is 7.73. The molecule has 0 aliphatic rings. The summed E-state index contributed by atoms with van der Waals surface area (Å²) in [4.78, 5) is 15.6. The van der Waals surface area contributed by atoms with E-state index in [1.807, 2.05) is 60.7 Å². The van der Waals surface area contributed by atoms with Gasteiger partial charge in [0.05, 0.1) is 5.56 Å². The highest BCUT2D eigenvalue weighted by Crippen LogP contribution is 2.40. The average Bonchev–Trinajstić information content (AvgIpc) is 3.79. The van der Waals surface area contributed by atoms with Crippen molar-refractivity contribution in [2.24, 2.45) is 0 Å². The molecule has 0 unspecified atom stereocenters. The van der Waals surface area contributed by atoms with Crippen LogP contribution in [0.4, 0.5) is 0 Å². The number of hydrogen-bond donors (Lipinski definition) is 0. The van der Waals surface area contributed by atoms with E-state index < -0.39 is 0 Å². The van der Waals surface area contributed by atoms with Gasteiger partial charge in [0, 0.05) is 32.7 Å². The number of benzene rings is 8. The van der Waals surface area contributed by atoms with Crippen LogP contribution in [0.15, 0.2) is 173 Å². The molecule has 0 N–H and O–H groups in total. The second-order valence-electron chi connectivity index (χ2n) is 13.1. The third-order valence-electron chi connectivity index (χ3n) is 10.1. The predicted molar refractivity (Wildman–Crippen MR) is 211 cm³/mol. The molecule has 0 saturated carbocycles. The van der Waals surface area contributed by atoms with Crippen molar-refractivity contribution in [1.82, 2.24) is 15.0 Å². The normalized spacial score (nSPS) is 11.8. The molecule has 242 valence electrons. The van der Waals surface area contributed by atoms with Gasteiger partial charge < -0.3 is 8.83 Å². The Labute approximate surface area is 297 Å². The molecule has 0 atom stereocenters. The van der Waals surface area contributed by atoms with Crippen molar-refractivity contribution in [3.8, 4) is 45.3 Å². The minimum atomic E-state index is 0.539. The van der Waals surface area contributed by atoms with Gasteiger partial charge in [-0.3, -0.25) is 0 Å². The monoisotopic (exact) mass is 665 g/mol. The third kappa shape index (κ3) is 4.39. The van der Waals surface area contributed by atoms with Crippen LogP contribution in [0.25, 0.3) is 111 Å². The van der Waals surface area contributed by atoms with Crippen molar-refractivity contribution >= 4 is 65.4 Å². The predicted octanol–water partition coefficient (Wildman–Crippen LogP) is 12.6. The van der Waals surface area contributed by atoms with Gasteiger partial charge >= 0.3 is 0 Å². The summed E-state index contributed by atoms with van der Waals surface area (Å²) in [5, 5.41) is 8.73. The number of nitrogens with zero attached hydrogens (tertiary/aromatic N) is 3. The van der Waals surface area contributed by atoms with Crippen LogP contribution in [0.3, 0.4) is 0 Å². The molecular formula is C47H27N3O2. The minimum Gasteiger partial charge on any atom is -0.456 e. The molecule has 0 aliphatic carbocycles. The molecule has 52 heavy (non-hydrogen) atoms. The van der Waals surface area contributed by atoms with E-state index >= 15 is 0 Å². The Morgan fingerprint density at radius 1 is 0.327 bits per heavy atom. The second kappa shape index (κ2) is 11.2. The lowest BCUT2D eigenvalue weighted by Gasteiger charge is -2.13. The van der Waals surface area contributed by atoms with Gasteiger partial charge in [0.15, 0.2) is 17.5 Å². The Morgan fingerprint density at radius 3 is 1.83 bits per heavy atom. The van der Waals surface area contributed by atoms with Crippen LogP contribution in [-0.2, 0) is 0 Å². The number of fused-ring (bicyclic) bond motifs is 9. The van der Waals surface area contributed by atoms with E-state index in [9.17, 15) is 0 Å². The van der Waals surface area contributed by atoms with E-state index in [0.29, 0.717) is 17.5 Å². The maximum absolute atomic E-state index is 6.49. The number of aromatic nitrogens is 3. The van der Waals surface area contributed by atoms with E-state index in [-0.39, 0.29) is 0 Å². The van der Waals surface area contributed by atoms with Gasteiger partial charge in [-0.1, -0.05) is 127 Å². The number of furan rings is 2. The van der Waals surface area contributed by atoms with E-state index in [2.05, 4.69) is 103 Å². The van der Waals surface area contributed by atoms with Crippen LogP contribution in [0.2, 0.25) is 0 Å². The van der Waals surface area contributed by atoms with Gasteiger partial charge in [-0.2, -0.15) is 0 Å². The van der Waals surface area contributed by atoms with Gasteiger partial charge in [0.25, 0.3) is 0 Å². The Hall–Kier alpha value is -7.11. The first-order valence-electron chi connectivity index (χ1n) is 17.4. The van der Waals surface area contributed by atoms with Gasteiger partial charge in [0.1, 0.15) is 22.3 Å². The lowest BCUT2D eigenvalue weighted by atomic mass is 9.92. The number of rotatable bonds is 4. The molecule has 3 heterocycles. The maximum atomic E-state index is 6.49. The zero-order valence-electron chi connectivity index (χ0n) is 27.7. The molecule has 11 aromatic rings. The minimum absolute atomic E-state index is 0.539. The summed E-state index contributed by atoms with van der Waals surface area (Å²) in [6.07, 6.45) is 0. The standard InChI is InChI=1S/C47H27N3O2/c1-2-12-28(13-3-1)38-26-29-14-4-5-15-31(29)39-27-30(24-25-32(38)39)45-48-46(36-19-11-23-42-43(36)35-17-7-9-22-41(35)51-42)50-47(49-45)37-20-10-18-34-33-16-6-8-21-40(33)52-44(34)37/h1-27H. The van der Waals surface area contributed by atoms with Gasteiger partial charge in [0.2, 0.25) is 0 Å². The Bertz CT molecular complexity index is 3190. The highest BCUT2D eigenvalue weighted by atomic mass is 16.3. The maximum Gasteiger partial charge on any atom is 0.167 e. The molecule has 5 heteroatoms. The van der Waals surface area contributed by atoms with E-state index in [0.717, 1.165) is 66.0 Å². The van der Waals surface area contributed by atoms with Crippen LogP contribution >= 0.6 is 0 Å². The Kier molecular flexibility index (Phi) is 6.18. The zero-order chi connectivity index (χ0) is 34.2. The molecule has 5 nitrogen and oxygen atoms in total. The van der Waals surface area contributed by atoms with Crippen LogP contribution < -0.4 is 0 Å². The van der Waals surface area contributed by atoms with Crippen molar-refractivity contribution in [2.75, 3.05) is 0 Å². The molecule has 0 spiro atoms. The van der Waals surface area contributed by atoms with Crippen molar-refractivity contribution in [3.05, 3.63) is 164 Å². The third-order valence-corrected chi connectivity index (χ3v) is 10.1. The molecule has 11 rings (SSSR count). The molecule has 0 amide bonds. The van der Waals surface area contributed by atoms with Crippen LogP contribution in [0.5, 0.6) is 0 Å². The van der Waals surface area contributed by atoms with Crippen molar-refractivity contribution in [1.29, 1.82) is 0 Å². The fraction of sp³-hybridized carbons (Fsp3) is 0. The van der Waals surface area contributed by atoms with Crippen molar-refractivity contribution in [3.63, 3.8) is 0 Å². The summed E-state index contributed by atoms with van der Waals surface area (Å²) in [5.41, 5.74) is 8.12. The summed E-state index contributed by atoms with van der Waals surface area (Å²) in [6, 6.07) is 56.4. The number of hydrogen-bond acceptors (Lipinski definition) is 5. The first-order chi connectivity index (χ1) is 25.8. The molecule has 0 radical (unpaired) electrons. The second-order valence-corrected chi connectivity index (χ2v) is 13.1. The largest absolute Gasteiger partial charge is 0.456 e. The molecule has 0 aliphatic heterocycles. The molecule has 3 aromatic heterocycles. The van der Waals surface area contributed by atoms with Crippen LogP contribution in [-0.4, -0.2) is 15.0 Å². The molecule has 0 saturated heterocycles. The summed E-state index contributed by atoms with van der Waals surface area (Å²) in [7, 11) is 0. The first-order valence-corrected chi connectivity index (χ1v) is 17.4. The Morgan fingerprint density at radius 2 is 0.962 bits per heavy atom. The van der Waals surface area contributed by atoms with E-state index in [1.54, 1.807) is 0 Å². The lowest BCUT2D eigenvalue weighted by molar-refractivity contribution is 0.668. The topological polar surface area (TPSA) is 65.0 Å². The van der Waals surface area contributed by atoms with E-state index in [1.165, 1.54) is 27.3 Å². The summed E-state index contributed by atoms with van der Waals surface area (Å²) in [5.74, 6) is 1.68. The Balaban J connectivity index is 1.20. The molecule has 8 aromatic carbocycles. The van der Waals surface area contributed by atoms with Crippen LogP contribution in [0, 0.1) is 0 Å². The highest BCUT2D eigenvalue weighted by Gasteiger charge is 2.21.